The smallest absolute Gasteiger partial charge is 0.224 e. The molecule has 0 aromatic rings. The first kappa shape index (κ1) is 25.4. The molecule has 0 radical (unpaired) electrons. The molecule has 0 aromatic carbocycles. The summed E-state index contributed by atoms with van der Waals surface area (Å²) >= 11 is 0. The Kier molecular flexibility index (Phi) is 15.6. The topological polar surface area (TPSA) is 58.2 Å². The highest BCUT2D eigenvalue weighted by molar-refractivity contribution is 5.77. The number of nitrogens with one attached hydrogen (secondary N) is 2. The van der Waals surface area contributed by atoms with E-state index in [4.69, 9.17) is 0 Å². The number of allylic oxidation sites excluding steroid dienone is 2. The Balaban J connectivity index is 3.81. The van der Waals surface area contributed by atoms with Crippen LogP contribution in [0.15, 0.2) is 24.3 Å². The lowest BCUT2D eigenvalue weighted by atomic mass is 10.2. The number of hydrogen-bond acceptors (Lipinski definition) is 2. The number of unbranched alkanes of at least 4 members (excludes halogenated alkanes) is 4. The van der Waals surface area contributed by atoms with Gasteiger partial charge in [0.25, 0.3) is 0 Å². The lowest BCUT2D eigenvalue weighted by Crippen LogP contribution is -2.49. The van der Waals surface area contributed by atoms with Crippen LogP contribution in [0.5, 0.6) is 0 Å². The van der Waals surface area contributed by atoms with Crippen LogP contribution < -0.4 is 10.6 Å². The molecule has 27 heavy (non-hydrogen) atoms. The van der Waals surface area contributed by atoms with E-state index in [1.165, 1.54) is 25.7 Å². The summed E-state index contributed by atoms with van der Waals surface area (Å²) in [5.41, 5.74) is 0. The van der Waals surface area contributed by atoms with Crippen molar-refractivity contribution in [3.05, 3.63) is 24.3 Å². The predicted octanol–water partition coefficient (Wildman–Crippen LogP) is 3.57. The molecule has 0 spiro atoms. The summed E-state index contributed by atoms with van der Waals surface area (Å²) in [4.78, 5) is 23.6. The second-order valence-corrected chi connectivity index (χ2v) is 7.72. The second-order valence-electron chi connectivity index (χ2n) is 7.72. The minimum atomic E-state index is 0.0749. The van der Waals surface area contributed by atoms with Crippen LogP contribution in [-0.2, 0) is 9.59 Å². The molecule has 0 unspecified atom stereocenters. The van der Waals surface area contributed by atoms with Crippen molar-refractivity contribution < 1.29 is 14.1 Å². The third-order valence-electron chi connectivity index (χ3n) is 4.47. The molecule has 2 N–H and O–H groups in total. The zero-order valence-corrected chi connectivity index (χ0v) is 18.1. The second kappa shape index (κ2) is 16.5. The highest BCUT2D eigenvalue weighted by Gasteiger charge is 2.15. The molecule has 0 aliphatic heterocycles. The van der Waals surface area contributed by atoms with E-state index < -0.39 is 0 Å². The van der Waals surface area contributed by atoms with Gasteiger partial charge in [0.2, 0.25) is 11.8 Å². The molecule has 0 fully saturated rings. The van der Waals surface area contributed by atoms with Gasteiger partial charge in [-0.15, -0.1) is 0 Å². The van der Waals surface area contributed by atoms with Gasteiger partial charge in [0, 0.05) is 12.8 Å². The largest absolute Gasteiger partial charge is 0.350 e. The number of carbonyl (C=O) groups is 2. The highest BCUT2D eigenvalue weighted by Crippen LogP contribution is 1.98. The van der Waals surface area contributed by atoms with Crippen molar-refractivity contribution >= 4 is 11.8 Å². The summed E-state index contributed by atoms with van der Waals surface area (Å²) in [6.07, 6.45) is 15.8. The quantitative estimate of drug-likeness (QED) is 0.244. The summed E-state index contributed by atoms with van der Waals surface area (Å²) in [6, 6.07) is 0. The molecule has 5 nitrogen and oxygen atoms in total. The summed E-state index contributed by atoms with van der Waals surface area (Å²) in [5.74, 6) is 0.150. The van der Waals surface area contributed by atoms with Crippen molar-refractivity contribution in [1.29, 1.82) is 0 Å². The molecule has 156 valence electrons. The average Bonchev–Trinajstić information content (AvgIpc) is 2.61. The lowest BCUT2D eigenvalue weighted by Gasteiger charge is -2.29. The van der Waals surface area contributed by atoms with Gasteiger partial charge in [-0.3, -0.25) is 9.59 Å². The predicted molar refractivity (Wildman–Crippen MR) is 114 cm³/mol. The van der Waals surface area contributed by atoms with Gasteiger partial charge < -0.3 is 15.1 Å². The fraction of sp³-hybridized carbons (Fsp3) is 0.727. The standard InChI is InChI=1S/C22H41N3O2/c1-5-7-9-11-13-15-21(26)23-17-19-25(3,4)20-18-24-22(27)16-14-12-10-8-6-2/h11-14H,5-10,15-20H2,1-4H3,(H-,23,24,26,27)/p+1/b13-11+,14-12+. The Bertz CT molecular complexity index is 416. The van der Waals surface area contributed by atoms with Gasteiger partial charge >= 0.3 is 0 Å². The molecule has 0 atom stereocenters. The molecule has 0 rings (SSSR count). The molecule has 0 bridgehead atoms. The molecular formula is C22H42N3O2+. The van der Waals surface area contributed by atoms with E-state index in [1.807, 2.05) is 12.2 Å². The van der Waals surface area contributed by atoms with Crippen LogP contribution >= 0.6 is 0 Å². The van der Waals surface area contributed by atoms with Crippen LogP contribution in [0.4, 0.5) is 0 Å². The Morgan fingerprint density at radius 2 is 1.15 bits per heavy atom. The molecule has 0 aliphatic carbocycles. The van der Waals surface area contributed by atoms with Gasteiger partial charge in [-0.1, -0.05) is 63.8 Å². The molecule has 0 aliphatic rings. The van der Waals surface area contributed by atoms with E-state index >= 15 is 0 Å². The summed E-state index contributed by atoms with van der Waals surface area (Å²) in [6.45, 7) is 7.33. The van der Waals surface area contributed by atoms with Gasteiger partial charge in [-0.2, -0.15) is 0 Å². The molecule has 0 saturated heterocycles. The Morgan fingerprint density at radius 1 is 0.741 bits per heavy atom. The van der Waals surface area contributed by atoms with E-state index in [1.54, 1.807) is 0 Å². The van der Waals surface area contributed by atoms with Crippen LogP contribution in [0.3, 0.4) is 0 Å². The number of likely N-dealkylation sites (N-methyl/N-ethyl adjacent to an activating group) is 1. The third kappa shape index (κ3) is 17.5. The van der Waals surface area contributed by atoms with Crippen molar-refractivity contribution in [3.63, 3.8) is 0 Å². The monoisotopic (exact) mass is 380 g/mol. The fourth-order valence-electron chi connectivity index (χ4n) is 2.51. The van der Waals surface area contributed by atoms with E-state index in [0.29, 0.717) is 25.9 Å². The summed E-state index contributed by atoms with van der Waals surface area (Å²) in [7, 11) is 4.24. The molecular weight excluding hydrogens is 338 g/mol. The Labute approximate surface area is 166 Å². The van der Waals surface area contributed by atoms with Crippen molar-refractivity contribution in [2.45, 2.75) is 65.2 Å². The molecule has 2 amide bonds. The number of quaternary nitrogens is 1. The first-order chi connectivity index (χ1) is 12.9. The van der Waals surface area contributed by atoms with Crippen molar-refractivity contribution in [1.82, 2.24) is 10.6 Å². The molecule has 0 heterocycles. The maximum Gasteiger partial charge on any atom is 0.224 e. The first-order valence-electron chi connectivity index (χ1n) is 10.6. The van der Waals surface area contributed by atoms with Crippen LogP contribution in [0, 0.1) is 0 Å². The van der Waals surface area contributed by atoms with Gasteiger partial charge in [0.15, 0.2) is 0 Å². The number of amides is 2. The van der Waals surface area contributed by atoms with E-state index in [0.717, 1.165) is 30.4 Å². The normalized spacial score (nSPS) is 12.0. The molecule has 5 heteroatoms. The van der Waals surface area contributed by atoms with E-state index in [2.05, 4.69) is 50.7 Å². The maximum absolute atomic E-state index is 11.8. The van der Waals surface area contributed by atoms with Crippen molar-refractivity contribution in [3.8, 4) is 0 Å². The first-order valence-corrected chi connectivity index (χ1v) is 10.6. The van der Waals surface area contributed by atoms with E-state index in [9.17, 15) is 9.59 Å². The van der Waals surface area contributed by atoms with Crippen LogP contribution in [-0.4, -0.2) is 56.6 Å². The van der Waals surface area contributed by atoms with Gasteiger partial charge in [-0.25, -0.2) is 0 Å². The van der Waals surface area contributed by atoms with E-state index in [-0.39, 0.29) is 11.8 Å². The van der Waals surface area contributed by atoms with Gasteiger partial charge in [0.05, 0.1) is 40.3 Å². The van der Waals surface area contributed by atoms with Crippen molar-refractivity contribution in [2.24, 2.45) is 0 Å². The van der Waals surface area contributed by atoms with Crippen molar-refractivity contribution in [2.75, 3.05) is 40.3 Å². The zero-order chi connectivity index (χ0) is 20.4. The van der Waals surface area contributed by atoms with Gasteiger partial charge in [0.1, 0.15) is 0 Å². The number of nitrogens with zero attached hydrogens (tertiary/aromatic N) is 1. The average molecular weight is 381 g/mol. The maximum atomic E-state index is 11.8. The number of carbonyl (C=O) groups excluding carboxylic acids is 2. The SMILES string of the molecule is CCCC/C=C/CC(=O)NCC[N+](C)(C)CCNC(=O)C/C=C/CCCC. The minimum absolute atomic E-state index is 0.0749. The van der Waals surface area contributed by atoms with Gasteiger partial charge in [-0.05, 0) is 12.8 Å². The highest BCUT2D eigenvalue weighted by atomic mass is 16.2. The van der Waals surface area contributed by atoms with Crippen LogP contribution in [0.25, 0.3) is 0 Å². The number of hydrogen-bond donors (Lipinski definition) is 2. The summed E-state index contributed by atoms with van der Waals surface area (Å²) in [5, 5.41) is 5.94. The Morgan fingerprint density at radius 3 is 1.52 bits per heavy atom. The molecule has 0 aromatic heterocycles. The lowest BCUT2D eigenvalue weighted by molar-refractivity contribution is -0.887. The summed E-state index contributed by atoms with van der Waals surface area (Å²) < 4.78 is 0.763. The third-order valence-corrected chi connectivity index (χ3v) is 4.47. The molecule has 0 saturated carbocycles. The minimum Gasteiger partial charge on any atom is -0.350 e. The zero-order valence-electron chi connectivity index (χ0n) is 18.1. The van der Waals surface area contributed by atoms with Crippen LogP contribution in [0.1, 0.15) is 65.2 Å². The number of rotatable bonds is 16. The Hall–Kier alpha value is -1.62. The van der Waals surface area contributed by atoms with Crippen LogP contribution in [0.2, 0.25) is 0 Å². The fourth-order valence-corrected chi connectivity index (χ4v) is 2.51.